The standard InChI is InChI=1S/C12H22N4/c1-4-13-11-15-14-10(16(11)5-2)12(3)8-6-7-9-12/h4-9H2,1-3H3,(H,13,15). The molecule has 1 aliphatic carbocycles. The topological polar surface area (TPSA) is 42.7 Å². The summed E-state index contributed by atoms with van der Waals surface area (Å²) in [6.07, 6.45) is 5.14. The third-order valence-corrected chi connectivity index (χ3v) is 3.65. The molecule has 1 saturated carbocycles. The molecule has 2 rings (SSSR count). The van der Waals surface area contributed by atoms with Gasteiger partial charge in [-0.3, -0.25) is 4.57 Å². The molecule has 0 aromatic carbocycles. The fourth-order valence-corrected chi connectivity index (χ4v) is 2.72. The average molecular weight is 222 g/mol. The molecule has 0 aliphatic heterocycles. The molecule has 0 spiro atoms. The van der Waals surface area contributed by atoms with Crippen LogP contribution in [-0.4, -0.2) is 21.3 Å². The van der Waals surface area contributed by atoms with Crippen LogP contribution in [-0.2, 0) is 12.0 Å². The summed E-state index contributed by atoms with van der Waals surface area (Å²) >= 11 is 0. The van der Waals surface area contributed by atoms with E-state index in [4.69, 9.17) is 0 Å². The highest BCUT2D eigenvalue weighted by atomic mass is 15.4. The Balaban J connectivity index is 2.33. The van der Waals surface area contributed by atoms with E-state index < -0.39 is 0 Å². The van der Waals surface area contributed by atoms with Crippen LogP contribution in [0.4, 0.5) is 5.95 Å². The van der Waals surface area contributed by atoms with Crippen LogP contribution in [0.15, 0.2) is 0 Å². The van der Waals surface area contributed by atoms with Crippen LogP contribution in [0, 0.1) is 0 Å². The van der Waals surface area contributed by atoms with Gasteiger partial charge in [0.15, 0.2) is 0 Å². The molecule has 1 fully saturated rings. The summed E-state index contributed by atoms with van der Waals surface area (Å²) in [6.45, 7) is 8.42. The van der Waals surface area contributed by atoms with Crippen molar-refractivity contribution in [1.29, 1.82) is 0 Å². The van der Waals surface area contributed by atoms with Gasteiger partial charge in [0.1, 0.15) is 5.82 Å². The third kappa shape index (κ3) is 1.81. The minimum atomic E-state index is 0.247. The van der Waals surface area contributed by atoms with Crippen LogP contribution >= 0.6 is 0 Å². The molecule has 1 N–H and O–H groups in total. The highest BCUT2D eigenvalue weighted by molar-refractivity contribution is 5.28. The Bertz CT molecular complexity index is 350. The van der Waals surface area contributed by atoms with Crippen LogP contribution in [0.1, 0.15) is 52.3 Å². The van der Waals surface area contributed by atoms with Crippen molar-refractivity contribution < 1.29 is 0 Å². The van der Waals surface area contributed by atoms with Gasteiger partial charge in [-0.25, -0.2) is 0 Å². The molecule has 1 aliphatic rings. The lowest BCUT2D eigenvalue weighted by atomic mass is 9.88. The van der Waals surface area contributed by atoms with Gasteiger partial charge in [-0.1, -0.05) is 19.8 Å². The summed E-state index contributed by atoms with van der Waals surface area (Å²) in [4.78, 5) is 0. The number of anilines is 1. The molecular weight excluding hydrogens is 200 g/mol. The molecule has 1 heterocycles. The maximum atomic E-state index is 4.41. The van der Waals surface area contributed by atoms with E-state index in [1.807, 2.05) is 0 Å². The fourth-order valence-electron chi connectivity index (χ4n) is 2.72. The predicted octanol–water partition coefficient (Wildman–Crippen LogP) is 2.56. The Morgan fingerprint density at radius 2 is 1.94 bits per heavy atom. The molecule has 0 atom stereocenters. The minimum absolute atomic E-state index is 0.247. The quantitative estimate of drug-likeness (QED) is 0.851. The van der Waals surface area contributed by atoms with E-state index in [0.29, 0.717) is 0 Å². The first-order chi connectivity index (χ1) is 7.71. The SMILES string of the molecule is CCNc1nnc(C2(C)CCCC2)n1CC. The summed E-state index contributed by atoms with van der Waals surface area (Å²) in [5.74, 6) is 2.09. The second-order valence-electron chi connectivity index (χ2n) is 4.89. The van der Waals surface area contributed by atoms with Crippen LogP contribution in [0.25, 0.3) is 0 Å². The molecule has 90 valence electrons. The molecule has 1 aromatic rings. The molecule has 1 aromatic heterocycles. The maximum Gasteiger partial charge on any atom is 0.224 e. The lowest BCUT2D eigenvalue weighted by Gasteiger charge is -2.23. The molecule has 0 radical (unpaired) electrons. The Kier molecular flexibility index (Phi) is 3.17. The Hall–Kier alpha value is -1.06. The number of hydrogen-bond acceptors (Lipinski definition) is 3. The number of rotatable bonds is 4. The molecule has 4 heteroatoms. The fraction of sp³-hybridized carbons (Fsp3) is 0.833. The summed E-state index contributed by atoms with van der Waals surface area (Å²) < 4.78 is 2.23. The monoisotopic (exact) mass is 222 g/mol. The van der Waals surface area contributed by atoms with Gasteiger partial charge >= 0.3 is 0 Å². The molecule has 0 bridgehead atoms. The number of aromatic nitrogens is 3. The van der Waals surface area contributed by atoms with Crippen LogP contribution in [0.3, 0.4) is 0 Å². The Morgan fingerprint density at radius 3 is 2.50 bits per heavy atom. The smallest absolute Gasteiger partial charge is 0.224 e. The van der Waals surface area contributed by atoms with Gasteiger partial charge in [0.05, 0.1) is 0 Å². The third-order valence-electron chi connectivity index (χ3n) is 3.65. The van der Waals surface area contributed by atoms with E-state index in [1.165, 1.54) is 31.5 Å². The number of nitrogens with zero attached hydrogens (tertiary/aromatic N) is 3. The number of hydrogen-bond donors (Lipinski definition) is 1. The summed E-state index contributed by atoms with van der Waals surface area (Å²) in [7, 11) is 0. The lowest BCUT2D eigenvalue weighted by molar-refractivity contribution is 0.434. The zero-order chi connectivity index (χ0) is 11.6. The van der Waals surface area contributed by atoms with Crippen molar-refractivity contribution in [2.45, 2.75) is 58.4 Å². The Labute approximate surface area is 97.5 Å². The predicted molar refractivity (Wildman–Crippen MR) is 65.7 cm³/mol. The van der Waals surface area contributed by atoms with E-state index in [1.54, 1.807) is 0 Å². The average Bonchev–Trinajstić information content (AvgIpc) is 2.86. The number of nitrogens with one attached hydrogen (secondary N) is 1. The van der Waals surface area contributed by atoms with Crippen LogP contribution in [0.2, 0.25) is 0 Å². The molecule has 16 heavy (non-hydrogen) atoms. The molecule has 4 nitrogen and oxygen atoms in total. The van der Waals surface area contributed by atoms with Gasteiger partial charge in [-0.05, 0) is 26.7 Å². The van der Waals surface area contributed by atoms with Crippen molar-refractivity contribution in [3.8, 4) is 0 Å². The normalized spacial score (nSPS) is 18.9. The van der Waals surface area contributed by atoms with E-state index in [9.17, 15) is 0 Å². The minimum Gasteiger partial charge on any atom is -0.355 e. The maximum absolute atomic E-state index is 4.41. The lowest BCUT2D eigenvalue weighted by Crippen LogP contribution is -2.23. The molecule has 0 saturated heterocycles. The first-order valence-corrected chi connectivity index (χ1v) is 6.39. The summed E-state index contributed by atoms with van der Waals surface area (Å²) in [6, 6.07) is 0. The van der Waals surface area contributed by atoms with Crippen molar-refractivity contribution in [2.24, 2.45) is 0 Å². The van der Waals surface area contributed by atoms with E-state index in [-0.39, 0.29) is 5.41 Å². The Morgan fingerprint density at radius 1 is 1.25 bits per heavy atom. The summed E-state index contributed by atoms with van der Waals surface area (Å²) in [5, 5.41) is 12.0. The first kappa shape index (κ1) is 11.4. The molecular formula is C12H22N4. The van der Waals surface area contributed by atoms with E-state index in [0.717, 1.165) is 19.0 Å². The van der Waals surface area contributed by atoms with E-state index >= 15 is 0 Å². The van der Waals surface area contributed by atoms with Gasteiger partial charge in [0.2, 0.25) is 5.95 Å². The highest BCUT2D eigenvalue weighted by Gasteiger charge is 2.35. The largest absolute Gasteiger partial charge is 0.355 e. The zero-order valence-electron chi connectivity index (χ0n) is 10.6. The van der Waals surface area contributed by atoms with Gasteiger partial charge in [0, 0.05) is 18.5 Å². The second-order valence-corrected chi connectivity index (χ2v) is 4.89. The summed E-state index contributed by atoms with van der Waals surface area (Å²) in [5.41, 5.74) is 0.247. The van der Waals surface area contributed by atoms with Gasteiger partial charge in [0.25, 0.3) is 0 Å². The van der Waals surface area contributed by atoms with Crippen molar-refractivity contribution in [2.75, 3.05) is 11.9 Å². The van der Waals surface area contributed by atoms with Gasteiger partial charge < -0.3 is 5.32 Å². The molecule has 0 amide bonds. The highest BCUT2D eigenvalue weighted by Crippen LogP contribution is 2.40. The van der Waals surface area contributed by atoms with Gasteiger partial charge in [-0.2, -0.15) is 0 Å². The molecule has 0 unspecified atom stereocenters. The van der Waals surface area contributed by atoms with Crippen molar-refractivity contribution in [3.05, 3.63) is 5.82 Å². The second kappa shape index (κ2) is 4.44. The van der Waals surface area contributed by atoms with Crippen LogP contribution in [0.5, 0.6) is 0 Å². The van der Waals surface area contributed by atoms with E-state index in [2.05, 4.69) is 40.9 Å². The van der Waals surface area contributed by atoms with Crippen LogP contribution < -0.4 is 5.32 Å². The van der Waals surface area contributed by atoms with Crippen molar-refractivity contribution in [1.82, 2.24) is 14.8 Å². The van der Waals surface area contributed by atoms with Crippen molar-refractivity contribution in [3.63, 3.8) is 0 Å². The zero-order valence-corrected chi connectivity index (χ0v) is 10.6. The van der Waals surface area contributed by atoms with Crippen molar-refractivity contribution >= 4 is 5.95 Å². The first-order valence-electron chi connectivity index (χ1n) is 6.39. The van der Waals surface area contributed by atoms with Gasteiger partial charge in [-0.15, -0.1) is 10.2 Å².